The van der Waals surface area contributed by atoms with Gasteiger partial charge in [-0.2, -0.15) is 12.6 Å². The predicted octanol–water partition coefficient (Wildman–Crippen LogP) is -0.380. The van der Waals surface area contributed by atoms with E-state index in [9.17, 15) is 4.79 Å². The maximum absolute atomic E-state index is 9.29. The summed E-state index contributed by atoms with van der Waals surface area (Å²) in [6.45, 7) is 0. The van der Waals surface area contributed by atoms with E-state index < -0.39 is 5.97 Å². The molecule has 0 amide bonds. The van der Waals surface area contributed by atoms with Crippen LogP contribution in [0.5, 0.6) is 0 Å². The highest BCUT2D eigenvalue weighted by atomic mass is 32.1. The van der Waals surface area contributed by atoms with Crippen LogP contribution in [-0.4, -0.2) is 39.9 Å². The third-order valence-electron chi connectivity index (χ3n) is 0.135. The van der Waals surface area contributed by atoms with Crippen molar-refractivity contribution in [2.75, 3.05) is 5.75 Å². The van der Waals surface area contributed by atoms with Crippen molar-refractivity contribution in [1.29, 1.82) is 0 Å². The zero-order valence-electron chi connectivity index (χ0n) is 3.22. The number of carbonyl (C=O) groups is 1. The monoisotopic (exact) mass is 116 g/mol. The van der Waals surface area contributed by atoms with Crippen LogP contribution in [0.15, 0.2) is 0 Å². The average Bonchev–Trinajstić information content (AvgIpc) is 1.38. The normalized spacial score (nSPS) is 6.17. The molecule has 0 bridgehead atoms. The molecular weight excluding hydrogens is 112 g/mol. The minimum atomic E-state index is -0.881. The molecule has 0 saturated carbocycles. The second-order valence-corrected chi connectivity index (χ2v) is 0.868. The Labute approximate surface area is 57.5 Å². The fourth-order valence-corrected chi connectivity index (χ4v) is 0. The molecule has 0 rings (SSSR count). The first-order valence-corrected chi connectivity index (χ1v) is 1.73. The summed E-state index contributed by atoms with van der Waals surface area (Å²) >= 11 is 3.42. The topological polar surface area (TPSA) is 37.3 Å². The Kier molecular flexibility index (Phi) is 9.10. The van der Waals surface area contributed by atoms with E-state index in [0.29, 0.717) is 0 Å². The Morgan fingerprint density at radius 2 is 2.00 bits per heavy atom. The number of thiol groups is 1. The quantitative estimate of drug-likeness (QED) is 0.362. The number of rotatable bonds is 1. The average molecular weight is 116 g/mol. The molecule has 2 radical (unpaired) electrons. The Morgan fingerprint density at radius 1 is 1.83 bits per heavy atom. The second kappa shape index (κ2) is 5.59. The van der Waals surface area contributed by atoms with Crippen molar-refractivity contribution < 1.29 is 9.90 Å². The molecule has 0 aliphatic carbocycles. The zero-order valence-corrected chi connectivity index (χ0v) is 5.53. The van der Waals surface area contributed by atoms with Crippen LogP contribution in [0.1, 0.15) is 0 Å². The van der Waals surface area contributed by atoms with Gasteiger partial charge in [0.2, 0.25) is 0 Å². The van der Waals surface area contributed by atoms with Crippen LogP contribution in [0.4, 0.5) is 0 Å². The van der Waals surface area contributed by atoms with E-state index in [4.69, 9.17) is 5.11 Å². The lowest BCUT2D eigenvalue weighted by atomic mass is 10.8. The van der Waals surface area contributed by atoms with Crippen LogP contribution in [0.3, 0.4) is 0 Å². The SMILES string of the molecule is O=C(O)CS.[Mg]. The fourth-order valence-electron chi connectivity index (χ4n) is 0. The minimum Gasteiger partial charge on any atom is -0.481 e. The number of hydrogen-bond donors (Lipinski definition) is 2. The molecule has 1 N–H and O–H groups in total. The molecule has 0 aromatic heterocycles. The van der Waals surface area contributed by atoms with Crippen LogP contribution in [-0.2, 0) is 4.79 Å². The van der Waals surface area contributed by atoms with Crippen molar-refractivity contribution in [3.05, 3.63) is 0 Å². The van der Waals surface area contributed by atoms with Crippen molar-refractivity contribution in [1.82, 2.24) is 0 Å². The zero-order chi connectivity index (χ0) is 4.28. The van der Waals surface area contributed by atoms with Gasteiger partial charge in [-0.05, 0) is 0 Å². The maximum Gasteiger partial charge on any atom is 0.313 e. The fraction of sp³-hybridized carbons (Fsp3) is 0.500. The smallest absolute Gasteiger partial charge is 0.313 e. The molecule has 6 heavy (non-hydrogen) atoms. The van der Waals surface area contributed by atoms with Crippen molar-refractivity contribution in [3.63, 3.8) is 0 Å². The molecule has 0 atom stereocenters. The van der Waals surface area contributed by atoms with Gasteiger partial charge in [-0.3, -0.25) is 4.79 Å². The number of carboxylic acid groups (broad SMARTS) is 1. The summed E-state index contributed by atoms with van der Waals surface area (Å²) in [7, 11) is 0. The van der Waals surface area contributed by atoms with Gasteiger partial charge in [-0.15, -0.1) is 0 Å². The Morgan fingerprint density at radius 3 is 2.00 bits per heavy atom. The highest BCUT2D eigenvalue weighted by Crippen LogP contribution is 1.66. The van der Waals surface area contributed by atoms with Gasteiger partial charge in [0.1, 0.15) is 0 Å². The van der Waals surface area contributed by atoms with Gasteiger partial charge in [-0.25, -0.2) is 0 Å². The van der Waals surface area contributed by atoms with E-state index in [2.05, 4.69) is 12.6 Å². The summed E-state index contributed by atoms with van der Waals surface area (Å²) in [5, 5.41) is 7.65. The summed E-state index contributed by atoms with van der Waals surface area (Å²) in [5.41, 5.74) is 0. The molecule has 0 aromatic rings. The molecule has 32 valence electrons. The molecule has 0 saturated heterocycles. The van der Waals surface area contributed by atoms with Gasteiger partial charge < -0.3 is 5.11 Å². The second-order valence-electron chi connectivity index (χ2n) is 0.552. The predicted molar refractivity (Wildman–Crippen MR) is 27.2 cm³/mol. The van der Waals surface area contributed by atoms with Crippen molar-refractivity contribution >= 4 is 41.7 Å². The van der Waals surface area contributed by atoms with Gasteiger partial charge in [0.05, 0.1) is 5.75 Å². The first-order chi connectivity index (χ1) is 2.27. The molecule has 0 aliphatic rings. The number of hydrogen-bond acceptors (Lipinski definition) is 2. The molecule has 0 unspecified atom stereocenters. The van der Waals surface area contributed by atoms with E-state index in [1.54, 1.807) is 0 Å². The van der Waals surface area contributed by atoms with Crippen LogP contribution in [0.2, 0.25) is 0 Å². The summed E-state index contributed by atoms with van der Waals surface area (Å²) in [6.07, 6.45) is 0. The van der Waals surface area contributed by atoms with Crippen LogP contribution in [0, 0.1) is 0 Å². The van der Waals surface area contributed by atoms with E-state index in [1.807, 2.05) is 0 Å². The molecule has 0 spiro atoms. The summed E-state index contributed by atoms with van der Waals surface area (Å²) in [4.78, 5) is 9.29. The van der Waals surface area contributed by atoms with Crippen LogP contribution in [0.25, 0.3) is 0 Å². The Balaban J connectivity index is 0. The molecular formula is C2H4MgO2S. The maximum atomic E-state index is 9.29. The molecule has 0 fully saturated rings. The summed E-state index contributed by atoms with van der Waals surface area (Å²) < 4.78 is 0. The lowest BCUT2D eigenvalue weighted by molar-refractivity contribution is -0.133. The van der Waals surface area contributed by atoms with Gasteiger partial charge in [0.15, 0.2) is 0 Å². The number of aliphatic carboxylic acids is 1. The highest BCUT2D eigenvalue weighted by Gasteiger charge is 1.81. The highest BCUT2D eigenvalue weighted by molar-refractivity contribution is 7.81. The Bertz CT molecular complexity index is 46.8. The third-order valence-corrected chi connectivity index (χ3v) is 0.406. The molecule has 2 nitrogen and oxygen atoms in total. The van der Waals surface area contributed by atoms with Gasteiger partial charge in [-0.1, -0.05) is 0 Å². The van der Waals surface area contributed by atoms with Crippen LogP contribution < -0.4 is 0 Å². The first kappa shape index (κ1) is 9.77. The molecule has 0 heterocycles. The lowest BCUT2D eigenvalue weighted by Crippen LogP contribution is -1.92. The Hall–Kier alpha value is 0.586. The standard InChI is InChI=1S/C2H4O2S.Mg/c3-2(4)1-5;/h5H,1H2,(H,3,4);. The van der Waals surface area contributed by atoms with Gasteiger partial charge in [0, 0.05) is 23.1 Å². The first-order valence-electron chi connectivity index (χ1n) is 1.10. The van der Waals surface area contributed by atoms with Crippen molar-refractivity contribution in [3.8, 4) is 0 Å². The largest absolute Gasteiger partial charge is 0.481 e. The van der Waals surface area contributed by atoms with E-state index >= 15 is 0 Å². The third kappa shape index (κ3) is 8.82. The lowest BCUT2D eigenvalue weighted by Gasteiger charge is -1.71. The molecule has 0 aromatic carbocycles. The molecule has 4 heteroatoms. The molecule has 0 aliphatic heterocycles. The van der Waals surface area contributed by atoms with Crippen molar-refractivity contribution in [2.24, 2.45) is 0 Å². The van der Waals surface area contributed by atoms with Gasteiger partial charge >= 0.3 is 5.97 Å². The van der Waals surface area contributed by atoms with E-state index in [0.717, 1.165) is 0 Å². The van der Waals surface area contributed by atoms with E-state index in [1.165, 1.54) is 0 Å². The number of carboxylic acids is 1. The van der Waals surface area contributed by atoms with Crippen LogP contribution >= 0.6 is 12.6 Å². The van der Waals surface area contributed by atoms with E-state index in [-0.39, 0.29) is 28.8 Å². The minimum absolute atomic E-state index is 0. The summed E-state index contributed by atoms with van der Waals surface area (Å²) in [5.74, 6) is -0.965. The summed E-state index contributed by atoms with van der Waals surface area (Å²) in [6, 6.07) is 0. The van der Waals surface area contributed by atoms with Crippen molar-refractivity contribution in [2.45, 2.75) is 0 Å². The van der Waals surface area contributed by atoms with Gasteiger partial charge in [0.25, 0.3) is 0 Å².